The maximum atomic E-state index is 11.9. The number of carbonyl (C=O) groups is 1. The van der Waals surface area contributed by atoms with Gasteiger partial charge >= 0.3 is 0 Å². The van der Waals surface area contributed by atoms with E-state index in [0.29, 0.717) is 12.3 Å². The first-order valence-corrected chi connectivity index (χ1v) is 8.84. The van der Waals surface area contributed by atoms with Crippen LogP contribution in [0.15, 0.2) is 53.0 Å². The predicted octanol–water partition coefficient (Wildman–Crippen LogP) is 4.01. The van der Waals surface area contributed by atoms with E-state index in [9.17, 15) is 4.79 Å². The van der Waals surface area contributed by atoms with Crippen LogP contribution in [0.1, 0.15) is 11.1 Å². The molecule has 1 amide bonds. The smallest absolute Gasteiger partial charge is 0.230 e. The Kier molecular flexibility index (Phi) is 6.80. The van der Waals surface area contributed by atoms with Crippen molar-refractivity contribution in [3.8, 4) is 5.75 Å². The maximum absolute atomic E-state index is 11.9. The fourth-order valence-electron chi connectivity index (χ4n) is 1.92. The van der Waals surface area contributed by atoms with Crippen molar-refractivity contribution < 1.29 is 9.53 Å². The van der Waals surface area contributed by atoms with E-state index in [-0.39, 0.29) is 5.91 Å². The molecule has 0 saturated carbocycles. The monoisotopic (exact) mass is 379 g/mol. The number of rotatable bonds is 7. The highest BCUT2D eigenvalue weighted by atomic mass is 79.9. The van der Waals surface area contributed by atoms with E-state index in [1.54, 1.807) is 18.9 Å². The summed E-state index contributed by atoms with van der Waals surface area (Å²) in [6, 6.07) is 15.8. The van der Waals surface area contributed by atoms with E-state index in [4.69, 9.17) is 4.74 Å². The maximum Gasteiger partial charge on any atom is 0.230 e. The molecule has 2 rings (SSSR count). The van der Waals surface area contributed by atoms with Gasteiger partial charge in [-0.2, -0.15) is 0 Å². The lowest BCUT2D eigenvalue weighted by Crippen LogP contribution is -2.24. The summed E-state index contributed by atoms with van der Waals surface area (Å²) in [5.74, 6) is 2.13. The molecule has 3 nitrogen and oxygen atoms in total. The number of amides is 1. The van der Waals surface area contributed by atoms with E-state index in [0.717, 1.165) is 21.5 Å². The second kappa shape index (κ2) is 8.86. The molecule has 0 atom stereocenters. The van der Waals surface area contributed by atoms with Gasteiger partial charge in [0.15, 0.2) is 0 Å². The highest BCUT2D eigenvalue weighted by Crippen LogP contribution is 2.17. The molecule has 0 aromatic heterocycles. The fraction of sp³-hybridized carbons (Fsp3) is 0.235. The average molecular weight is 380 g/mol. The topological polar surface area (TPSA) is 38.3 Å². The Labute approximate surface area is 143 Å². The van der Waals surface area contributed by atoms with Crippen LogP contribution in [0.5, 0.6) is 5.75 Å². The number of thioether (sulfide) groups is 1. The van der Waals surface area contributed by atoms with E-state index >= 15 is 0 Å². The van der Waals surface area contributed by atoms with Crippen molar-refractivity contribution in [2.24, 2.45) is 0 Å². The summed E-state index contributed by atoms with van der Waals surface area (Å²) >= 11 is 5.06. The van der Waals surface area contributed by atoms with Crippen LogP contribution >= 0.6 is 27.7 Å². The number of nitrogens with one attached hydrogen (secondary N) is 1. The van der Waals surface area contributed by atoms with Crippen LogP contribution in [0.25, 0.3) is 0 Å². The minimum atomic E-state index is 0.0443. The minimum absolute atomic E-state index is 0.0443. The van der Waals surface area contributed by atoms with Crippen LogP contribution in [0, 0.1) is 0 Å². The van der Waals surface area contributed by atoms with E-state index in [2.05, 4.69) is 33.4 Å². The Bertz CT molecular complexity index is 634. The molecule has 0 fully saturated rings. The molecule has 0 aliphatic heterocycles. The van der Waals surface area contributed by atoms with Crippen LogP contribution in [-0.2, 0) is 17.1 Å². The Morgan fingerprint density at radius 2 is 1.95 bits per heavy atom. The van der Waals surface area contributed by atoms with Gasteiger partial charge in [0, 0.05) is 16.8 Å². The summed E-state index contributed by atoms with van der Waals surface area (Å²) in [6.45, 7) is 0.521. The summed E-state index contributed by atoms with van der Waals surface area (Å²) < 4.78 is 6.23. The zero-order valence-corrected chi connectivity index (χ0v) is 14.7. The molecule has 0 aliphatic carbocycles. The molecule has 0 aliphatic rings. The van der Waals surface area contributed by atoms with Gasteiger partial charge in [0.1, 0.15) is 5.75 Å². The van der Waals surface area contributed by atoms with Crippen LogP contribution in [0.3, 0.4) is 0 Å². The molecule has 1 N–H and O–H groups in total. The highest BCUT2D eigenvalue weighted by Gasteiger charge is 2.03. The van der Waals surface area contributed by atoms with E-state index < -0.39 is 0 Å². The van der Waals surface area contributed by atoms with Gasteiger partial charge in [-0.15, -0.1) is 11.8 Å². The van der Waals surface area contributed by atoms with E-state index in [1.165, 1.54) is 5.56 Å². The number of ether oxygens (including phenoxy) is 1. The summed E-state index contributed by atoms with van der Waals surface area (Å²) in [4.78, 5) is 11.9. The number of hydrogen-bond donors (Lipinski definition) is 1. The molecular weight excluding hydrogens is 362 g/mol. The van der Waals surface area contributed by atoms with Gasteiger partial charge in [-0.05, 0) is 35.4 Å². The van der Waals surface area contributed by atoms with Crippen molar-refractivity contribution in [1.29, 1.82) is 0 Å². The van der Waals surface area contributed by atoms with Crippen LogP contribution in [0.2, 0.25) is 0 Å². The third kappa shape index (κ3) is 5.73. The average Bonchev–Trinajstić information content (AvgIpc) is 2.53. The van der Waals surface area contributed by atoms with Gasteiger partial charge in [-0.1, -0.05) is 40.2 Å². The van der Waals surface area contributed by atoms with Gasteiger partial charge in [0.05, 0.1) is 12.9 Å². The molecular formula is C17H18BrNO2S. The molecule has 0 unspecified atom stereocenters. The zero-order chi connectivity index (χ0) is 15.8. The lowest BCUT2D eigenvalue weighted by Gasteiger charge is -2.07. The molecule has 0 radical (unpaired) electrons. The summed E-state index contributed by atoms with van der Waals surface area (Å²) in [7, 11) is 1.64. The molecule has 22 heavy (non-hydrogen) atoms. The van der Waals surface area contributed by atoms with Gasteiger partial charge in [0.2, 0.25) is 5.91 Å². The minimum Gasteiger partial charge on any atom is -0.497 e. The second-order valence-electron chi connectivity index (χ2n) is 4.75. The largest absolute Gasteiger partial charge is 0.497 e. The van der Waals surface area contributed by atoms with Gasteiger partial charge in [0.25, 0.3) is 0 Å². The standard InChI is InChI=1S/C17H18BrNO2S/c1-21-16-7-3-4-13(9-16)10-19-17(20)12-22-11-14-5-2-6-15(18)8-14/h2-9H,10-12H2,1H3,(H,19,20). The number of carbonyl (C=O) groups excluding carboxylic acids is 1. The van der Waals surface area contributed by atoms with E-state index in [1.807, 2.05) is 36.4 Å². The summed E-state index contributed by atoms with van der Waals surface area (Å²) in [6.07, 6.45) is 0. The summed E-state index contributed by atoms with van der Waals surface area (Å²) in [5.41, 5.74) is 2.24. The van der Waals surface area contributed by atoms with Crippen molar-refractivity contribution >= 4 is 33.6 Å². The SMILES string of the molecule is COc1cccc(CNC(=O)CSCc2cccc(Br)c2)c1. The molecule has 0 saturated heterocycles. The van der Waals surface area contributed by atoms with Crippen molar-refractivity contribution in [1.82, 2.24) is 5.32 Å². The quantitative estimate of drug-likeness (QED) is 0.789. The molecule has 5 heteroatoms. The van der Waals surface area contributed by atoms with Crippen molar-refractivity contribution in [2.75, 3.05) is 12.9 Å². The third-order valence-electron chi connectivity index (χ3n) is 3.01. The van der Waals surface area contributed by atoms with Crippen LogP contribution in [0.4, 0.5) is 0 Å². The Hall–Kier alpha value is -1.46. The molecule has 2 aromatic carbocycles. The Morgan fingerprint density at radius 1 is 1.18 bits per heavy atom. The van der Waals surface area contributed by atoms with Gasteiger partial charge in [-0.25, -0.2) is 0 Å². The lowest BCUT2D eigenvalue weighted by molar-refractivity contribution is -0.118. The Morgan fingerprint density at radius 3 is 2.73 bits per heavy atom. The van der Waals surface area contributed by atoms with Crippen LogP contribution < -0.4 is 10.1 Å². The highest BCUT2D eigenvalue weighted by molar-refractivity contribution is 9.10. The number of hydrogen-bond acceptors (Lipinski definition) is 3. The second-order valence-corrected chi connectivity index (χ2v) is 6.65. The van der Waals surface area contributed by atoms with Crippen molar-refractivity contribution in [3.63, 3.8) is 0 Å². The normalized spacial score (nSPS) is 10.3. The fourth-order valence-corrected chi connectivity index (χ4v) is 3.17. The molecule has 0 spiro atoms. The predicted molar refractivity (Wildman–Crippen MR) is 95.1 cm³/mol. The van der Waals surface area contributed by atoms with Crippen molar-refractivity contribution in [3.05, 3.63) is 64.1 Å². The molecule has 2 aromatic rings. The van der Waals surface area contributed by atoms with Gasteiger partial charge in [-0.3, -0.25) is 4.79 Å². The lowest BCUT2D eigenvalue weighted by atomic mass is 10.2. The van der Waals surface area contributed by atoms with Crippen LogP contribution in [-0.4, -0.2) is 18.8 Å². The number of methoxy groups -OCH3 is 1. The summed E-state index contributed by atoms with van der Waals surface area (Å²) in [5, 5.41) is 2.92. The molecule has 116 valence electrons. The molecule has 0 heterocycles. The molecule has 0 bridgehead atoms. The first-order valence-electron chi connectivity index (χ1n) is 6.89. The third-order valence-corrected chi connectivity index (χ3v) is 4.51. The number of halogens is 1. The first-order chi connectivity index (χ1) is 10.7. The van der Waals surface area contributed by atoms with Crippen molar-refractivity contribution in [2.45, 2.75) is 12.3 Å². The zero-order valence-electron chi connectivity index (χ0n) is 12.3. The number of benzene rings is 2. The Balaban J connectivity index is 1.71. The van der Waals surface area contributed by atoms with Gasteiger partial charge < -0.3 is 10.1 Å². The first kappa shape index (κ1) is 16.9.